The third-order valence-corrected chi connectivity index (χ3v) is 9.28. The van der Waals surface area contributed by atoms with Crippen molar-refractivity contribution < 1.29 is 8.83 Å². The standard InChI is InChI=1S/C44H26N2O2/c1-2-10-31-24-42-37(22-30(31)9-1)36-23-33(20-21-41(36)48-42)44-45-38(26-39(46-44)43-25-32-11-4-6-15-40(32)47-43)29-18-16-28(17-19-29)35-14-7-12-27-8-3-5-13-34(27)35/h1-26H. The van der Waals surface area contributed by atoms with Crippen molar-refractivity contribution in [2.45, 2.75) is 0 Å². The van der Waals surface area contributed by atoms with Crippen LogP contribution in [0.1, 0.15) is 0 Å². The van der Waals surface area contributed by atoms with Crippen LogP contribution in [0.25, 0.3) is 99.7 Å². The van der Waals surface area contributed by atoms with Crippen LogP contribution in [0.3, 0.4) is 0 Å². The van der Waals surface area contributed by atoms with E-state index in [0.717, 1.165) is 66.4 Å². The molecule has 0 radical (unpaired) electrons. The van der Waals surface area contributed by atoms with Gasteiger partial charge in [0.1, 0.15) is 22.4 Å². The highest BCUT2D eigenvalue weighted by Crippen LogP contribution is 2.37. The number of benzene rings is 7. The second-order valence-corrected chi connectivity index (χ2v) is 12.2. The molecule has 0 saturated carbocycles. The highest BCUT2D eigenvalue weighted by atomic mass is 16.3. The fraction of sp³-hybridized carbons (Fsp3) is 0. The van der Waals surface area contributed by atoms with Crippen LogP contribution in [-0.4, -0.2) is 9.97 Å². The smallest absolute Gasteiger partial charge is 0.160 e. The number of rotatable bonds is 4. The topological polar surface area (TPSA) is 52.1 Å². The lowest BCUT2D eigenvalue weighted by Crippen LogP contribution is -1.95. The second kappa shape index (κ2) is 10.5. The molecule has 4 heteroatoms. The minimum Gasteiger partial charge on any atom is -0.456 e. The summed E-state index contributed by atoms with van der Waals surface area (Å²) in [5.74, 6) is 1.33. The average Bonchev–Trinajstić information content (AvgIpc) is 3.75. The third-order valence-electron chi connectivity index (χ3n) is 9.28. The number of furan rings is 2. The molecule has 0 fully saturated rings. The van der Waals surface area contributed by atoms with E-state index in [1.54, 1.807) is 0 Å². The molecule has 0 aliphatic carbocycles. The van der Waals surface area contributed by atoms with E-state index < -0.39 is 0 Å². The van der Waals surface area contributed by atoms with Gasteiger partial charge in [-0.05, 0) is 81.2 Å². The summed E-state index contributed by atoms with van der Waals surface area (Å²) in [4.78, 5) is 10.2. The molecule has 3 aromatic heterocycles. The van der Waals surface area contributed by atoms with Crippen LogP contribution in [0.15, 0.2) is 167 Å². The molecule has 0 spiro atoms. The quantitative estimate of drug-likeness (QED) is 0.198. The second-order valence-electron chi connectivity index (χ2n) is 12.2. The Hall–Kier alpha value is -6.52. The number of nitrogens with zero attached hydrogens (tertiary/aromatic N) is 2. The van der Waals surface area contributed by atoms with Gasteiger partial charge in [0.05, 0.1) is 5.69 Å². The van der Waals surface area contributed by atoms with Gasteiger partial charge in [-0.2, -0.15) is 0 Å². The summed E-state index contributed by atoms with van der Waals surface area (Å²) in [5.41, 5.74) is 8.35. The predicted molar refractivity (Wildman–Crippen MR) is 196 cm³/mol. The summed E-state index contributed by atoms with van der Waals surface area (Å²) in [6.45, 7) is 0. The molecule has 0 aliphatic heterocycles. The van der Waals surface area contributed by atoms with Crippen molar-refractivity contribution >= 4 is 54.5 Å². The fourth-order valence-corrected chi connectivity index (χ4v) is 6.86. The first-order valence-corrected chi connectivity index (χ1v) is 16.1. The van der Waals surface area contributed by atoms with E-state index in [1.165, 1.54) is 21.7 Å². The lowest BCUT2D eigenvalue weighted by Gasteiger charge is -2.10. The van der Waals surface area contributed by atoms with Crippen LogP contribution in [0.5, 0.6) is 0 Å². The summed E-state index contributed by atoms with van der Waals surface area (Å²) in [5, 5.41) is 7.94. The predicted octanol–water partition coefficient (Wildman–Crippen LogP) is 12.1. The Morgan fingerprint density at radius 3 is 1.88 bits per heavy atom. The Kier molecular flexibility index (Phi) is 5.84. The Bertz CT molecular complexity index is 2800. The third kappa shape index (κ3) is 4.38. The zero-order chi connectivity index (χ0) is 31.6. The van der Waals surface area contributed by atoms with E-state index in [9.17, 15) is 0 Å². The summed E-state index contributed by atoms with van der Waals surface area (Å²) >= 11 is 0. The Morgan fingerprint density at radius 1 is 0.354 bits per heavy atom. The molecule has 0 saturated heterocycles. The van der Waals surface area contributed by atoms with Crippen LogP contribution < -0.4 is 0 Å². The summed E-state index contributed by atoms with van der Waals surface area (Å²) in [6.07, 6.45) is 0. The van der Waals surface area contributed by atoms with Crippen molar-refractivity contribution in [3.05, 3.63) is 158 Å². The highest BCUT2D eigenvalue weighted by Gasteiger charge is 2.16. The lowest BCUT2D eigenvalue weighted by atomic mass is 9.97. The summed E-state index contributed by atoms with van der Waals surface area (Å²) in [7, 11) is 0. The largest absolute Gasteiger partial charge is 0.456 e. The molecule has 3 heterocycles. The maximum atomic E-state index is 6.30. The molecule has 0 atom stereocenters. The average molecular weight is 615 g/mol. The zero-order valence-electron chi connectivity index (χ0n) is 25.7. The van der Waals surface area contributed by atoms with Gasteiger partial charge in [-0.25, -0.2) is 9.97 Å². The maximum Gasteiger partial charge on any atom is 0.160 e. The van der Waals surface area contributed by atoms with Gasteiger partial charge in [0.25, 0.3) is 0 Å². The molecule has 0 N–H and O–H groups in total. The zero-order valence-corrected chi connectivity index (χ0v) is 25.7. The molecule has 7 aromatic carbocycles. The normalized spacial score (nSPS) is 11.8. The lowest BCUT2D eigenvalue weighted by molar-refractivity contribution is 0.628. The molecule has 0 amide bonds. The van der Waals surface area contributed by atoms with E-state index in [-0.39, 0.29) is 0 Å². The molecular formula is C44H26N2O2. The van der Waals surface area contributed by atoms with Crippen LogP contribution in [0, 0.1) is 0 Å². The Balaban J connectivity index is 1.13. The molecule has 4 nitrogen and oxygen atoms in total. The fourth-order valence-electron chi connectivity index (χ4n) is 6.86. The van der Waals surface area contributed by atoms with Crippen LogP contribution in [0.4, 0.5) is 0 Å². The number of para-hydroxylation sites is 1. The first-order valence-electron chi connectivity index (χ1n) is 16.1. The van der Waals surface area contributed by atoms with Crippen LogP contribution in [0.2, 0.25) is 0 Å². The molecule has 48 heavy (non-hydrogen) atoms. The van der Waals surface area contributed by atoms with Crippen LogP contribution >= 0.6 is 0 Å². The van der Waals surface area contributed by atoms with Gasteiger partial charge in [0, 0.05) is 27.3 Å². The van der Waals surface area contributed by atoms with E-state index in [2.05, 4.69) is 115 Å². The molecule has 224 valence electrons. The SMILES string of the molecule is c1ccc2cc3c(cc2c1)oc1ccc(-c2nc(-c4ccc(-c5cccc6ccccc56)cc4)cc(-c4cc5ccccc5o4)n2)cc13. The van der Waals surface area contributed by atoms with E-state index in [1.807, 2.05) is 42.5 Å². The Labute approximate surface area is 275 Å². The van der Waals surface area contributed by atoms with Crippen LogP contribution in [-0.2, 0) is 0 Å². The first-order chi connectivity index (χ1) is 23.7. The molecule has 0 aliphatic rings. The van der Waals surface area contributed by atoms with Gasteiger partial charge in [-0.15, -0.1) is 0 Å². The minimum atomic E-state index is 0.623. The van der Waals surface area contributed by atoms with E-state index in [4.69, 9.17) is 18.8 Å². The highest BCUT2D eigenvalue weighted by molar-refractivity contribution is 6.11. The molecule has 10 aromatic rings. The van der Waals surface area contributed by atoms with Crippen molar-refractivity contribution in [3.8, 4) is 45.2 Å². The maximum absolute atomic E-state index is 6.30. The van der Waals surface area contributed by atoms with E-state index in [0.29, 0.717) is 11.6 Å². The molecule has 0 bridgehead atoms. The number of aromatic nitrogens is 2. The van der Waals surface area contributed by atoms with Gasteiger partial charge in [-0.3, -0.25) is 0 Å². The monoisotopic (exact) mass is 614 g/mol. The molecular weight excluding hydrogens is 588 g/mol. The van der Waals surface area contributed by atoms with Gasteiger partial charge in [0.15, 0.2) is 11.6 Å². The Morgan fingerprint density at radius 2 is 1.02 bits per heavy atom. The van der Waals surface area contributed by atoms with Gasteiger partial charge in [-0.1, -0.05) is 109 Å². The van der Waals surface area contributed by atoms with Gasteiger partial charge >= 0.3 is 0 Å². The van der Waals surface area contributed by atoms with Gasteiger partial charge in [0.2, 0.25) is 0 Å². The summed E-state index contributed by atoms with van der Waals surface area (Å²) in [6, 6.07) is 54.6. The molecule has 0 unspecified atom stereocenters. The van der Waals surface area contributed by atoms with Crippen molar-refractivity contribution in [2.75, 3.05) is 0 Å². The minimum absolute atomic E-state index is 0.623. The number of hydrogen-bond acceptors (Lipinski definition) is 4. The van der Waals surface area contributed by atoms with Gasteiger partial charge < -0.3 is 8.83 Å². The molecule has 10 rings (SSSR count). The summed E-state index contributed by atoms with van der Waals surface area (Å²) < 4.78 is 12.6. The number of hydrogen-bond donors (Lipinski definition) is 0. The number of fused-ring (bicyclic) bond motifs is 6. The van der Waals surface area contributed by atoms with Crippen molar-refractivity contribution in [1.82, 2.24) is 9.97 Å². The first kappa shape index (κ1) is 26.7. The van der Waals surface area contributed by atoms with Crippen molar-refractivity contribution in [2.24, 2.45) is 0 Å². The van der Waals surface area contributed by atoms with Crippen molar-refractivity contribution in [1.29, 1.82) is 0 Å². The van der Waals surface area contributed by atoms with Crippen molar-refractivity contribution in [3.63, 3.8) is 0 Å². The van der Waals surface area contributed by atoms with E-state index >= 15 is 0 Å².